The Morgan fingerprint density at radius 3 is 2.40 bits per heavy atom. The van der Waals surface area contributed by atoms with Gasteiger partial charge in [0, 0.05) is 30.6 Å². The van der Waals surface area contributed by atoms with Crippen LogP contribution in [0.15, 0.2) is 12.1 Å². The molecule has 1 N–H and O–H groups in total. The number of carbonyl (C=O) groups is 2. The van der Waals surface area contributed by atoms with Crippen LogP contribution in [0.1, 0.15) is 43.7 Å². The maximum atomic E-state index is 12.1. The molecule has 2 amide bonds. The van der Waals surface area contributed by atoms with Crippen LogP contribution in [0.2, 0.25) is 5.02 Å². The van der Waals surface area contributed by atoms with Crippen LogP contribution in [-0.4, -0.2) is 42.5 Å². The SMILES string of the molecule is CCCC(=O)N1CCC(NC(=O)COc2cc(C)c(Cl)c(C)c2)CC1. The highest BCUT2D eigenvalue weighted by molar-refractivity contribution is 6.32. The first-order valence-electron chi connectivity index (χ1n) is 8.87. The van der Waals surface area contributed by atoms with Crippen molar-refractivity contribution in [2.24, 2.45) is 0 Å². The highest BCUT2D eigenvalue weighted by Crippen LogP contribution is 2.25. The number of piperidine rings is 1. The van der Waals surface area contributed by atoms with Crippen LogP contribution in [-0.2, 0) is 9.59 Å². The smallest absolute Gasteiger partial charge is 0.258 e. The number of amides is 2. The molecule has 6 heteroatoms. The Bertz CT molecular complexity index is 602. The summed E-state index contributed by atoms with van der Waals surface area (Å²) in [5.41, 5.74) is 1.86. The van der Waals surface area contributed by atoms with E-state index in [9.17, 15) is 9.59 Å². The summed E-state index contributed by atoms with van der Waals surface area (Å²) >= 11 is 6.13. The summed E-state index contributed by atoms with van der Waals surface area (Å²) in [5.74, 6) is 0.724. The summed E-state index contributed by atoms with van der Waals surface area (Å²) in [7, 11) is 0. The molecular formula is C19H27ClN2O3. The fraction of sp³-hybridized carbons (Fsp3) is 0.579. The molecular weight excluding hydrogens is 340 g/mol. The van der Waals surface area contributed by atoms with Crippen molar-refractivity contribution in [1.82, 2.24) is 10.2 Å². The molecule has 138 valence electrons. The lowest BCUT2D eigenvalue weighted by atomic mass is 10.0. The molecule has 1 fully saturated rings. The van der Waals surface area contributed by atoms with Crippen LogP contribution in [0.3, 0.4) is 0 Å². The molecule has 0 unspecified atom stereocenters. The zero-order valence-electron chi connectivity index (χ0n) is 15.2. The second kappa shape index (κ2) is 9.09. The predicted octanol–water partition coefficient (Wildman–Crippen LogP) is 3.24. The second-order valence-electron chi connectivity index (χ2n) is 6.63. The van der Waals surface area contributed by atoms with E-state index < -0.39 is 0 Å². The second-order valence-corrected chi connectivity index (χ2v) is 7.01. The molecule has 0 saturated carbocycles. The lowest BCUT2D eigenvalue weighted by Crippen LogP contribution is -2.47. The summed E-state index contributed by atoms with van der Waals surface area (Å²) in [6.07, 6.45) is 3.06. The number of likely N-dealkylation sites (tertiary alicyclic amines) is 1. The van der Waals surface area contributed by atoms with Crippen molar-refractivity contribution < 1.29 is 14.3 Å². The minimum atomic E-state index is -0.136. The molecule has 1 aromatic rings. The summed E-state index contributed by atoms with van der Waals surface area (Å²) < 4.78 is 5.58. The molecule has 5 nitrogen and oxygen atoms in total. The van der Waals surface area contributed by atoms with E-state index in [-0.39, 0.29) is 24.5 Å². The Balaban J connectivity index is 1.75. The van der Waals surface area contributed by atoms with Crippen molar-refractivity contribution >= 4 is 23.4 Å². The molecule has 0 radical (unpaired) electrons. The number of benzene rings is 1. The van der Waals surface area contributed by atoms with Gasteiger partial charge >= 0.3 is 0 Å². The number of rotatable bonds is 6. The number of halogens is 1. The van der Waals surface area contributed by atoms with E-state index in [1.54, 1.807) is 0 Å². The number of hydrogen-bond acceptors (Lipinski definition) is 3. The third kappa shape index (κ3) is 5.63. The number of nitrogens with one attached hydrogen (secondary N) is 1. The minimum Gasteiger partial charge on any atom is -0.484 e. The van der Waals surface area contributed by atoms with Gasteiger partial charge in [-0.2, -0.15) is 0 Å². The molecule has 0 atom stereocenters. The third-order valence-corrected chi connectivity index (χ3v) is 5.05. The van der Waals surface area contributed by atoms with Crippen LogP contribution >= 0.6 is 11.6 Å². The van der Waals surface area contributed by atoms with E-state index in [2.05, 4.69) is 5.32 Å². The molecule has 2 rings (SSSR count). The first-order valence-corrected chi connectivity index (χ1v) is 9.25. The largest absolute Gasteiger partial charge is 0.484 e. The Labute approximate surface area is 154 Å². The van der Waals surface area contributed by atoms with Crippen LogP contribution in [0.25, 0.3) is 0 Å². The average molecular weight is 367 g/mol. The fourth-order valence-corrected chi connectivity index (χ4v) is 3.16. The van der Waals surface area contributed by atoms with Gasteiger partial charge in [-0.3, -0.25) is 9.59 Å². The maximum absolute atomic E-state index is 12.1. The number of ether oxygens (including phenoxy) is 1. The molecule has 1 saturated heterocycles. The fourth-order valence-electron chi connectivity index (χ4n) is 3.05. The van der Waals surface area contributed by atoms with Gasteiger partial charge < -0.3 is 15.0 Å². The summed E-state index contributed by atoms with van der Waals surface area (Å²) in [6.45, 7) is 7.23. The summed E-state index contributed by atoms with van der Waals surface area (Å²) in [6, 6.07) is 3.77. The van der Waals surface area contributed by atoms with Crippen LogP contribution in [0, 0.1) is 13.8 Å². The van der Waals surface area contributed by atoms with E-state index in [4.69, 9.17) is 16.3 Å². The zero-order valence-corrected chi connectivity index (χ0v) is 16.0. The molecule has 1 aliphatic rings. The van der Waals surface area contributed by atoms with E-state index >= 15 is 0 Å². The summed E-state index contributed by atoms with van der Waals surface area (Å²) in [5, 5.41) is 3.72. The van der Waals surface area contributed by atoms with Crippen molar-refractivity contribution in [3.05, 3.63) is 28.3 Å². The van der Waals surface area contributed by atoms with Crippen molar-refractivity contribution in [3.63, 3.8) is 0 Å². The quantitative estimate of drug-likeness (QED) is 0.840. The van der Waals surface area contributed by atoms with Gasteiger partial charge in [-0.25, -0.2) is 0 Å². The molecule has 0 spiro atoms. The molecule has 1 aromatic carbocycles. The topological polar surface area (TPSA) is 58.6 Å². The first kappa shape index (κ1) is 19.6. The van der Waals surface area contributed by atoms with Gasteiger partial charge in [0.25, 0.3) is 5.91 Å². The Morgan fingerprint density at radius 1 is 1.24 bits per heavy atom. The monoisotopic (exact) mass is 366 g/mol. The van der Waals surface area contributed by atoms with Crippen molar-refractivity contribution in [2.75, 3.05) is 19.7 Å². The third-order valence-electron chi connectivity index (χ3n) is 4.46. The van der Waals surface area contributed by atoms with Gasteiger partial charge in [0.2, 0.25) is 5.91 Å². The van der Waals surface area contributed by atoms with Crippen LogP contribution in [0.4, 0.5) is 0 Å². The minimum absolute atomic E-state index is 0.0184. The zero-order chi connectivity index (χ0) is 18.4. The van der Waals surface area contributed by atoms with Gasteiger partial charge in [-0.05, 0) is 56.4 Å². The first-order chi connectivity index (χ1) is 11.9. The van der Waals surface area contributed by atoms with E-state index in [0.717, 1.165) is 35.4 Å². The van der Waals surface area contributed by atoms with Gasteiger partial charge in [-0.15, -0.1) is 0 Å². The molecule has 0 bridgehead atoms. The van der Waals surface area contributed by atoms with E-state index in [1.807, 2.05) is 37.8 Å². The number of aryl methyl sites for hydroxylation is 2. The molecule has 1 aliphatic heterocycles. The molecule has 0 aliphatic carbocycles. The van der Waals surface area contributed by atoms with Gasteiger partial charge in [0.15, 0.2) is 6.61 Å². The van der Waals surface area contributed by atoms with Crippen molar-refractivity contribution in [1.29, 1.82) is 0 Å². The lowest BCUT2D eigenvalue weighted by Gasteiger charge is -2.32. The normalized spacial score (nSPS) is 15.1. The van der Waals surface area contributed by atoms with Crippen LogP contribution < -0.4 is 10.1 Å². The average Bonchev–Trinajstić information content (AvgIpc) is 2.58. The van der Waals surface area contributed by atoms with Gasteiger partial charge in [0.05, 0.1) is 0 Å². The predicted molar refractivity (Wildman–Crippen MR) is 99.1 cm³/mol. The lowest BCUT2D eigenvalue weighted by molar-refractivity contribution is -0.132. The maximum Gasteiger partial charge on any atom is 0.258 e. The van der Waals surface area contributed by atoms with E-state index in [0.29, 0.717) is 25.3 Å². The van der Waals surface area contributed by atoms with E-state index in [1.165, 1.54) is 0 Å². The molecule has 25 heavy (non-hydrogen) atoms. The Morgan fingerprint density at radius 2 is 1.84 bits per heavy atom. The Hall–Kier alpha value is -1.75. The molecule has 1 heterocycles. The Kier molecular flexibility index (Phi) is 7.12. The highest BCUT2D eigenvalue weighted by atomic mass is 35.5. The number of hydrogen-bond donors (Lipinski definition) is 1. The molecule has 0 aromatic heterocycles. The van der Waals surface area contributed by atoms with Crippen molar-refractivity contribution in [3.8, 4) is 5.75 Å². The van der Waals surface area contributed by atoms with Gasteiger partial charge in [0.1, 0.15) is 5.75 Å². The number of nitrogens with zero attached hydrogens (tertiary/aromatic N) is 1. The number of carbonyl (C=O) groups excluding carboxylic acids is 2. The van der Waals surface area contributed by atoms with Crippen LogP contribution in [0.5, 0.6) is 5.75 Å². The van der Waals surface area contributed by atoms with Gasteiger partial charge in [-0.1, -0.05) is 18.5 Å². The standard InChI is InChI=1S/C19H27ClN2O3/c1-4-5-18(24)22-8-6-15(7-9-22)21-17(23)12-25-16-10-13(2)19(20)14(3)11-16/h10-11,15H,4-9,12H2,1-3H3,(H,21,23). The highest BCUT2D eigenvalue weighted by Gasteiger charge is 2.23. The summed E-state index contributed by atoms with van der Waals surface area (Å²) in [4.78, 5) is 25.9. The van der Waals surface area contributed by atoms with Crippen molar-refractivity contribution in [2.45, 2.75) is 52.5 Å².